The molecular formula is C19H13BrClN3O4. The Kier molecular flexibility index (Phi) is 6.23. The molecule has 142 valence electrons. The Morgan fingerprint density at radius 1 is 1.25 bits per heavy atom. The van der Waals surface area contributed by atoms with Crippen molar-refractivity contribution in [2.75, 3.05) is 6.61 Å². The summed E-state index contributed by atoms with van der Waals surface area (Å²) in [6.45, 7) is -0.253. The van der Waals surface area contributed by atoms with Crippen molar-refractivity contribution in [3.05, 3.63) is 79.8 Å². The molecule has 1 N–H and O–H groups in total. The average Bonchev–Trinajstić information content (AvgIpc) is 2.69. The largest absolute Gasteiger partial charge is 0.483 e. The van der Waals surface area contributed by atoms with Gasteiger partial charge in [0.25, 0.3) is 11.6 Å². The van der Waals surface area contributed by atoms with E-state index in [1.54, 1.807) is 6.07 Å². The van der Waals surface area contributed by atoms with Crippen molar-refractivity contribution >= 4 is 56.1 Å². The van der Waals surface area contributed by atoms with Gasteiger partial charge in [-0.05, 0) is 38.8 Å². The number of nitrogens with zero attached hydrogens (tertiary/aromatic N) is 2. The second-order valence-corrected chi connectivity index (χ2v) is 6.84. The molecule has 3 aromatic rings. The van der Waals surface area contributed by atoms with Gasteiger partial charge in [-0.15, -0.1) is 0 Å². The van der Waals surface area contributed by atoms with Gasteiger partial charge in [0, 0.05) is 22.7 Å². The minimum atomic E-state index is -0.540. The Labute approximate surface area is 173 Å². The van der Waals surface area contributed by atoms with E-state index >= 15 is 0 Å². The standard InChI is InChI=1S/C19H13BrClN3O4/c20-19-15-4-2-1-3-12(15)5-8-17(19)28-11-18(25)23-22-10-13-9-14(24(26)27)6-7-16(13)21/h1-10H,11H2,(H,23,25)/b22-10+. The molecule has 0 saturated carbocycles. The van der Waals surface area contributed by atoms with Crippen molar-refractivity contribution in [3.63, 3.8) is 0 Å². The highest BCUT2D eigenvalue weighted by molar-refractivity contribution is 9.10. The Morgan fingerprint density at radius 2 is 2.04 bits per heavy atom. The third kappa shape index (κ3) is 4.65. The zero-order valence-electron chi connectivity index (χ0n) is 14.3. The summed E-state index contributed by atoms with van der Waals surface area (Å²) in [5, 5.41) is 16.9. The molecule has 3 aromatic carbocycles. The van der Waals surface area contributed by atoms with Crippen LogP contribution in [0.4, 0.5) is 5.69 Å². The highest BCUT2D eigenvalue weighted by Gasteiger charge is 2.10. The zero-order valence-corrected chi connectivity index (χ0v) is 16.6. The van der Waals surface area contributed by atoms with Crippen LogP contribution < -0.4 is 10.2 Å². The van der Waals surface area contributed by atoms with Crippen LogP contribution in [0.15, 0.2) is 64.2 Å². The van der Waals surface area contributed by atoms with Crippen LogP contribution in [-0.2, 0) is 4.79 Å². The quantitative estimate of drug-likeness (QED) is 0.326. The molecule has 1 amide bonds. The molecule has 7 nitrogen and oxygen atoms in total. The first kappa shape index (κ1) is 19.8. The van der Waals surface area contributed by atoms with E-state index in [-0.39, 0.29) is 17.3 Å². The molecule has 3 rings (SSSR count). The number of hydrogen-bond acceptors (Lipinski definition) is 5. The van der Waals surface area contributed by atoms with E-state index in [9.17, 15) is 14.9 Å². The second kappa shape index (κ2) is 8.81. The monoisotopic (exact) mass is 461 g/mol. The average molecular weight is 463 g/mol. The van der Waals surface area contributed by atoms with Crippen molar-refractivity contribution in [2.24, 2.45) is 5.10 Å². The van der Waals surface area contributed by atoms with Crippen molar-refractivity contribution in [1.82, 2.24) is 5.43 Å². The lowest BCUT2D eigenvalue weighted by Crippen LogP contribution is -2.24. The summed E-state index contributed by atoms with van der Waals surface area (Å²) in [4.78, 5) is 22.2. The lowest BCUT2D eigenvalue weighted by atomic mass is 10.1. The Hall–Kier alpha value is -2.97. The summed E-state index contributed by atoms with van der Waals surface area (Å²) in [5.41, 5.74) is 2.49. The molecule has 0 fully saturated rings. The number of halogens is 2. The SMILES string of the molecule is O=C(COc1ccc2ccccc2c1Br)N/N=C/c1cc([N+](=O)[O-])ccc1Cl. The van der Waals surface area contributed by atoms with Gasteiger partial charge < -0.3 is 4.74 Å². The van der Waals surface area contributed by atoms with E-state index in [2.05, 4.69) is 26.5 Å². The van der Waals surface area contributed by atoms with Crippen LogP contribution in [0.3, 0.4) is 0 Å². The van der Waals surface area contributed by atoms with Gasteiger partial charge in [0.05, 0.1) is 15.6 Å². The lowest BCUT2D eigenvalue weighted by Gasteiger charge is -2.09. The molecule has 0 spiro atoms. The topological polar surface area (TPSA) is 93.8 Å². The summed E-state index contributed by atoms with van der Waals surface area (Å²) in [6, 6.07) is 15.4. The summed E-state index contributed by atoms with van der Waals surface area (Å²) in [5.74, 6) is 0.0393. The fourth-order valence-corrected chi connectivity index (χ4v) is 3.19. The molecule has 0 radical (unpaired) electrons. The maximum Gasteiger partial charge on any atom is 0.277 e. The van der Waals surface area contributed by atoms with Gasteiger partial charge in [-0.25, -0.2) is 5.43 Å². The van der Waals surface area contributed by atoms with Crippen LogP contribution in [0.2, 0.25) is 5.02 Å². The third-order valence-corrected chi connectivity index (χ3v) is 4.93. The van der Waals surface area contributed by atoms with Crippen LogP contribution in [0, 0.1) is 10.1 Å². The molecule has 9 heteroatoms. The number of non-ortho nitro benzene ring substituents is 1. The van der Waals surface area contributed by atoms with E-state index in [1.165, 1.54) is 24.4 Å². The molecule has 0 unspecified atom stereocenters. The van der Waals surface area contributed by atoms with E-state index in [4.69, 9.17) is 16.3 Å². The van der Waals surface area contributed by atoms with Crippen LogP contribution in [0.1, 0.15) is 5.56 Å². The fraction of sp³-hybridized carbons (Fsp3) is 0.0526. The Balaban J connectivity index is 1.61. The second-order valence-electron chi connectivity index (χ2n) is 5.64. The van der Waals surface area contributed by atoms with Gasteiger partial charge >= 0.3 is 0 Å². The molecular weight excluding hydrogens is 450 g/mol. The minimum Gasteiger partial charge on any atom is -0.483 e. The predicted octanol–water partition coefficient (Wildman–Crippen LogP) is 4.69. The van der Waals surface area contributed by atoms with Gasteiger partial charge in [-0.1, -0.05) is 41.9 Å². The van der Waals surface area contributed by atoms with Crippen LogP contribution in [-0.4, -0.2) is 23.7 Å². The van der Waals surface area contributed by atoms with E-state index in [0.29, 0.717) is 11.3 Å². The van der Waals surface area contributed by atoms with E-state index < -0.39 is 10.8 Å². The molecule has 0 aliphatic heterocycles. The number of nitro groups is 1. The summed E-state index contributed by atoms with van der Waals surface area (Å²) in [7, 11) is 0. The van der Waals surface area contributed by atoms with Crippen molar-refractivity contribution in [2.45, 2.75) is 0 Å². The van der Waals surface area contributed by atoms with Crippen LogP contribution in [0.25, 0.3) is 10.8 Å². The predicted molar refractivity (Wildman–Crippen MR) is 111 cm³/mol. The smallest absolute Gasteiger partial charge is 0.277 e. The highest BCUT2D eigenvalue weighted by Crippen LogP contribution is 2.32. The maximum atomic E-state index is 11.9. The Bertz CT molecular complexity index is 1090. The first-order chi connectivity index (χ1) is 13.5. The van der Waals surface area contributed by atoms with Gasteiger partial charge in [-0.2, -0.15) is 5.10 Å². The van der Waals surface area contributed by atoms with Crippen LogP contribution in [0.5, 0.6) is 5.75 Å². The van der Waals surface area contributed by atoms with Crippen molar-refractivity contribution in [3.8, 4) is 5.75 Å². The normalized spacial score (nSPS) is 10.9. The summed E-state index contributed by atoms with van der Waals surface area (Å²) in [6.07, 6.45) is 1.24. The number of ether oxygens (including phenoxy) is 1. The van der Waals surface area contributed by atoms with Crippen molar-refractivity contribution < 1.29 is 14.5 Å². The number of nitrogens with one attached hydrogen (secondary N) is 1. The molecule has 0 aliphatic rings. The number of carbonyl (C=O) groups is 1. The van der Waals surface area contributed by atoms with Gasteiger partial charge in [0.15, 0.2) is 6.61 Å². The van der Waals surface area contributed by atoms with Crippen molar-refractivity contribution in [1.29, 1.82) is 0 Å². The first-order valence-corrected chi connectivity index (χ1v) is 9.18. The number of amides is 1. The molecule has 0 aliphatic carbocycles. The summed E-state index contributed by atoms with van der Waals surface area (Å²) < 4.78 is 6.29. The minimum absolute atomic E-state index is 0.123. The molecule has 28 heavy (non-hydrogen) atoms. The maximum absolute atomic E-state index is 11.9. The molecule has 0 aromatic heterocycles. The number of fused-ring (bicyclic) bond motifs is 1. The highest BCUT2D eigenvalue weighted by atomic mass is 79.9. The third-order valence-electron chi connectivity index (χ3n) is 3.77. The van der Waals surface area contributed by atoms with Gasteiger partial charge in [-0.3, -0.25) is 14.9 Å². The lowest BCUT2D eigenvalue weighted by molar-refractivity contribution is -0.384. The fourth-order valence-electron chi connectivity index (χ4n) is 2.42. The number of hydrazone groups is 1. The number of carbonyl (C=O) groups excluding carboxylic acids is 1. The summed E-state index contributed by atoms with van der Waals surface area (Å²) >= 11 is 9.45. The molecule has 0 bridgehead atoms. The number of nitro benzene ring substituents is 1. The molecule has 0 saturated heterocycles. The number of hydrogen-bond donors (Lipinski definition) is 1. The molecule has 0 atom stereocenters. The van der Waals surface area contributed by atoms with Gasteiger partial charge in [0.1, 0.15) is 5.75 Å². The van der Waals surface area contributed by atoms with E-state index in [0.717, 1.165) is 15.2 Å². The number of benzene rings is 3. The zero-order chi connectivity index (χ0) is 20.1. The van der Waals surface area contributed by atoms with E-state index in [1.807, 2.05) is 30.3 Å². The van der Waals surface area contributed by atoms with Crippen LogP contribution >= 0.6 is 27.5 Å². The Morgan fingerprint density at radius 3 is 2.82 bits per heavy atom. The number of rotatable bonds is 6. The first-order valence-electron chi connectivity index (χ1n) is 8.01. The molecule has 0 heterocycles. The van der Waals surface area contributed by atoms with Gasteiger partial charge in [0.2, 0.25) is 0 Å².